The zero-order valence-corrected chi connectivity index (χ0v) is 16.7. The van der Waals surface area contributed by atoms with Crippen LogP contribution in [0.3, 0.4) is 0 Å². The molecule has 132 valence electrons. The third kappa shape index (κ3) is 9.53. The van der Waals surface area contributed by atoms with Crippen LogP contribution >= 0.6 is 0 Å². The van der Waals surface area contributed by atoms with Crippen LogP contribution in [0.4, 0.5) is 0 Å². The van der Waals surface area contributed by atoms with E-state index in [4.69, 9.17) is 23.4 Å². The molecule has 0 saturated carbocycles. The van der Waals surface area contributed by atoms with Gasteiger partial charge in [-0.2, -0.15) is 0 Å². The van der Waals surface area contributed by atoms with Gasteiger partial charge in [-0.15, -0.1) is 0 Å². The Morgan fingerprint density at radius 1 is 0.818 bits per heavy atom. The highest BCUT2D eigenvalue weighted by Gasteiger charge is 2.57. The van der Waals surface area contributed by atoms with Crippen molar-refractivity contribution in [3.05, 3.63) is 0 Å². The van der Waals surface area contributed by atoms with Gasteiger partial charge in [0.05, 0.1) is 22.8 Å². The van der Waals surface area contributed by atoms with Crippen LogP contribution in [-0.4, -0.2) is 37.9 Å². The number of hydrogen-bond acceptors (Lipinski definition) is 6. The highest BCUT2D eigenvalue weighted by atomic mass is 28.4. The summed E-state index contributed by atoms with van der Waals surface area (Å²) in [6, 6.07) is -0.789. The summed E-state index contributed by atoms with van der Waals surface area (Å²) in [5.74, 6) is -0.607. The molecule has 0 bridgehead atoms. The van der Waals surface area contributed by atoms with Crippen LogP contribution in [0.25, 0.3) is 0 Å². The summed E-state index contributed by atoms with van der Waals surface area (Å²) in [6.45, 7) is 18.2. The van der Waals surface area contributed by atoms with Crippen LogP contribution in [0.1, 0.15) is 69.2 Å². The van der Waals surface area contributed by atoms with Gasteiger partial charge in [-0.3, -0.25) is 4.79 Å². The molecule has 0 aromatic rings. The van der Waals surface area contributed by atoms with Gasteiger partial charge in [0, 0.05) is 0 Å². The molecule has 0 heterocycles. The fraction of sp³-hybridized carbons (Fsp3) is 0.933. The Morgan fingerprint density at radius 3 is 1.27 bits per heavy atom. The fourth-order valence-corrected chi connectivity index (χ4v) is 4.40. The van der Waals surface area contributed by atoms with Gasteiger partial charge in [-0.1, -0.05) is 0 Å². The van der Waals surface area contributed by atoms with E-state index in [1.807, 2.05) is 62.3 Å². The minimum absolute atomic E-state index is 0.607. The molecule has 0 spiro atoms. The van der Waals surface area contributed by atoms with Crippen molar-refractivity contribution in [2.24, 2.45) is 5.73 Å². The van der Waals surface area contributed by atoms with Crippen LogP contribution in [0.5, 0.6) is 0 Å². The van der Waals surface area contributed by atoms with Gasteiger partial charge in [0.1, 0.15) is 0 Å². The summed E-state index contributed by atoms with van der Waals surface area (Å²) >= 11 is 0. The van der Waals surface area contributed by atoms with Gasteiger partial charge >= 0.3 is 15.0 Å². The lowest BCUT2D eigenvalue weighted by atomic mass is 10.2. The van der Waals surface area contributed by atoms with Gasteiger partial charge in [-0.25, -0.2) is 0 Å². The number of carbonyl (C=O) groups excluding carboxylic acids is 1. The molecule has 0 aromatic heterocycles. The molecule has 0 rings (SSSR count). The topological polar surface area (TPSA) is 80.0 Å². The maximum atomic E-state index is 12.1. The predicted molar refractivity (Wildman–Crippen MR) is 88.0 cm³/mol. The van der Waals surface area contributed by atoms with E-state index < -0.39 is 37.9 Å². The van der Waals surface area contributed by atoms with Crippen molar-refractivity contribution >= 4 is 15.0 Å². The third-order valence-electron chi connectivity index (χ3n) is 1.89. The number of carbonyl (C=O) groups is 1. The normalized spacial score (nSPS) is 15.6. The Bertz CT molecular complexity index is 336. The molecule has 7 heteroatoms. The summed E-state index contributed by atoms with van der Waals surface area (Å²) in [7, 11) is -3.76. The van der Waals surface area contributed by atoms with Crippen molar-refractivity contribution < 1.29 is 22.5 Å². The molecule has 0 unspecified atom stereocenters. The second kappa shape index (κ2) is 6.96. The molecule has 0 radical (unpaired) electrons. The van der Waals surface area contributed by atoms with Crippen molar-refractivity contribution in [1.82, 2.24) is 0 Å². The quantitative estimate of drug-likeness (QED) is 0.778. The van der Waals surface area contributed by atoms with Crippen molar-refractivity contribution in [3.63, 3.8) is 0 Å². The molecule has 2 N–H and O–H groups in total. The summed E-state index contributed by atoms with van der Waals surface area (Å²) in [5.41, 5.74) is 3.78. The molecule has 0 aromatic carbocycles. The average Bonchev–Trinajstić information content (AvgIpc) is 2.06. The van der Waals surface area contributed by atoms with E-state index in [9.17, 15) is 4.79 Å². The van der Waals surface area contributed by atoms with Gasteiger partial charge in [0.25, 0.3) is 0 Å². The smallest absolute Gasteiger partial charge is 0.451 e. The Balaban J connectivity index is 5.73. The SMILES string of the molecule is C[C@H](N)C(=O)O[Si](OC(C)(C)C)(OC(C)(C)C)OC(C)(C)C. The van der Waals surface area contributed by atoms with E-state index in [-0.39, 0.29) is 0 Å². The number of hydrogen-bond donors (Lipinski definition) is 1. The van der Waals surface area contributed by atoms with Crippen LogP contribution in [-0.2, 0) is 22.5 Å². The van der Waals surface area contributed by atoms with E-state index in [2.05, 4.69) is 0 Å². The fourth-order valence-electron chi connectivity index (χ4n) is 1.47. The van der Waals surface area contributed by atoms with Crippen molar-refractivity contribution in [2.45, 2.75) is 92.1 Å². The summed E-state index contributed by atoms with van der Waals surface area (Å²) in [4.78, 5) is 12.1. The lowest BCUT2D eigenvalue weighted by Gasteiger charge is -2.40. The molecule has 0 aliphatic heterocycles. The van der Waals surface area contributed by atoms with Crippen molar-refractivity contribution in [1.29, 1.82) is 0 Å². The van der Waals surface area contributed by atoms with E-state index in [1.165, 1.54) is 0 Å². The maximum absolute atomic E-state index is 12.1. The van der Waals surface area contributed by atoms with E-state index in [1.54, 1.807) is 6.92 Å². The molecule has 22 heavy (non-hydrogen) atoms. The maximum Gasteiger partial charge on any atom is 0.752 e. The van der Waals surface area contributed by atoms with Gasteiger partial charge in [0.15, 0.2) is 0 Å². The summed E-state index contributed by atoms with van der Waals surface area (Å²) < 4.78 is 23.5. The van der Waals surface area contributed by atoms with Gasteiger partial charge in [0.2, 0.25) is 0 Å². The lowest BCUT2D eigenvalue weighted by molar-refractivity contribution is -0.162. The van der Waals surface area contributed by atoms with Gasteiger partial charge < -0.3 is 23.4 Å². The monoisotopic (exact) mass is 335 g/mol. The molecule has 0 fully saturated rings. The highest BCUT2D eigenvalue weighted by molar-refractivity contribution is 6.56. The molecule has 0 aliphatic rings. The van der Waals surface area contributed by atoms with Crippen LogP contribution in [0, 0.1) is 0 Å². The molecular formula is C15H33NO5Si. The Hall–Kier alpha value is -0.473. The first-order valence-electron chi connectivity index (χ1n) is 7.54. The third-order valence-corrected chi connectivity index (χ3v) is 4.93. The number of nitrogens with two attached hydrogens (primary N) is 1. The first-order chi connectivity index (χ1) is 9.45. The molecule has 0 saturated heterocycles. The Labute approximate surface area is 136 Å². The zero-order valence-electron chi connectivity index (χ0n) is 15.7. The van der Waals surface area contributed by atoms with E-state index in [0.29, 0.717) is 0 Å². The molecule has 0 aliphatic carbocycles. The summed E-state index contributed by atoms with van der Waals surface area (Å²) in [5, 5.41) is 0. The largest absolute Gasteiger partial charge is 0.752 e. The summed E-state index contributed by atoms with van der Waals surface area (Å²) in [6.07, 6.45) is 0. The second-order valence-corrected chi connectivity index (χ2v) is 10.2. The van der Waals surface area contributed by atoms with Crippen LogP contribution < -0.4 is 5.73 Å². The van der Waals surface area contributed by atoms with Gasteiger partial charge in [-0.05, 0) is 69.2 Å². The van der Waals surface area contributed by atoms with Crippen molar-refractivity contribution in [2.75, 3.05) is 0 Å². The predicted octanol–water partition coefficient (Wildman–Crippen LogP) is 2.76. The Morgan fingerprint density at radius 2 is 1.09 bits per heavy atom. The second-order valence-electron chi connectivity index (χ2n) is 8.35. The molecule has 1 atom stereocenters. The first kappa shape index (κ1) is 21.5. The van der Waals surface area contributed by atoms with E-state index >= 15 is 0 Å². The first-order valence-corrected chi connectivity index (χ1v) is 9.17. The van der Waals surface area contributed by atoms with Crippen LogP contribution in [0.15, 0.2) is 0 Å². The molecule has 6 nitrogen and oxygen atoms in total. The minimum Gasteiger partial charge on any atom is -0.451 e. The molecular weight excluding hydrogens is 302 g/mol. The Kier molecular flexibility index (Phi) is 6.81. The lowest BCUT2D eigenvalue weighted by Crippen LogP contribution is -2.61. The zero-order chi connectivity index (χ0) is 18.0. The number of rotatable bonds is 5. The van der Waals surface area contributed by atoms with Crippen molar-refractivity contribution in [3.8, 4) is 0 Å². The minimum atomic E-state index is -3.76. The highest BCUT2D eigenvalue weighted by Crippen LogP contribution is 2.29. The van der Waals surface area contributed by atoms with E-state index in [0.717, 1.165) is 0 Å². The average molecular weight is 336 g/mol. The molecule has 0 amide bonds. The standard InChI is InChI=1S/C15H33NO5Si/c1-11(16)12(17)18-22(19-13(2,3)4,20-14(5,6)7)21-15(8,9)10/h11H,16H2,1-10H3/t11-/m0/s1. The van der Waals surface area contributed by atoms with Crippen LogP contribution in [0.2, 0.25) is 0 Å².